The van der Waals surface area contributed by atoms with Crippen molar-refractivity contribution in [2.24, 2.45) is 0 Å². The average molecular weight is 247 g/mol. The van der Waals surface area contributed by atoms with Crippen LogP contribution in [-0.4, -0.2) is 36.1 Å². The molecule has 1 fully saturated rings. The van der Waals surface area contributed by atoms with Gasteiger partial charge >= 0.3 is 5.69 Å². The van der Waals surface area contributed by atoms with Crippen LogP contribution in [0.5, 0.6) is 0 Å². The third-order valence-corrected chi connectivity index (χ3v) is 3.11. The summed E-state index contributed by atoms with van der Waals surface area (Å²) in [6, 6.07) is 4.99. The number of nitro groups is 1. The van der Waals surface area contributed by atoms with Gasteiger partial charge in [-0.2, -0.15) is 5.26 Å². The predicted molar refractivity (Wildman–Crippen MR) is 65.3 cm³/mol. The first-order valence-electron chi connectivity index (χ1n) is 5.62. The van der Waals surface area contributed by atoms with Gasteiger partial charge < -0.3 is 10.2 Å². The molecule has 0 bridgehead atoms. The fraction of sp³-hybridized carbons (Fsp3) is 0.455. The van der Waals surface area contributed by atoms with E-state index >= 15 is 0 Å². The van der Waals surface area contributed by atoms with Gasteiger partial charge in [-0.1, -0.05) is 0 Å². The van der Waals surface area contributed by atoms with Crippen LogP contribution in [0.3, 0.4) is 0 Å². The Bertz CT molecular complexity index is 505. The zero-order chi connectivity index (χ0) is 13.1. The Morgan fingerprint density at radius 3 is 3.00 bits per heavy atom. The first-order chi connectivity index (χ1) is 8.63. The van der Waals surface area contributed by atoms with E-state index in [-0.39, 0.29) is 11.4 Å². The lowest BCUT2D eigenvalue weighted by atomic mass is 10.2. The highest BCUT2D eigenvalue weighted by molar-refractivity contribution is 5.51. The van der Waals surface area contributed by atoms with Gasteiger partial charge in [-0.25, -0.2) is 4.98 Å². The summed E-state index contributed by atoms with van der Waals surface area (Å²) >= 11 is 0. The molecule has 7 nitrogen and oxygen atoms in total. The molecule has 0 amide bonds. The van der Waals surface area contributed by atoms with Crippen LogP contribution < -0.4 is 10.2 Å². The van der Waals surface area contributed by atoms with Gasteiger partial charge in [0, 0.05) is 25.7 Å². The van der Waals surface area contributed by atoms with E-state index in [1.165, 1.54) is 6.07 Å². The average Bonchev–Trinajstić information content (AvgIpc) is 2.90. The number of hydrogen-bond donors (Lipinski definition) is 1. The van der Waals surface area contributed by atoms with Crippen molar-refractivity contribution in [3.8, 4) is 6.07 Å². The van der Waals surface area contributed by atoms with Crippen LogP contribution in [-0.2, 0) is 0 Å². The number of nitriles is 1. The van der Waals surface area contributed by atoms with E-state index in [1.807, 2.05) is 11.9 Å². The Hall–Kier alpha value is -2.20. The third-order valence-electron chi connectivity index (χ3n) is 3.11. The van der Waals surface area contributed by atoms with Crippen LogP contribution in [0.25, 0.3) is 0 Å². The van der Waals surface area contributed by atoms with Gasteiger partial charge in [0.2, 0.25) is 5.69 Å². The van der Waals surface area contributed by atoms with E-state index in [2.05, 4.69) is 10.3 Å². The molecule has 1 atom stereocenters. The first kappa shape index (κ1) is 12.3. The van der Waals surface area contributed by atoms with Gasteiger partial charge in [-0.15, -0.1) is 0 Å². The van der Waals surface area contributed by atoms with Crippen LogP contribution >= 0.6 is 0 Å². The SMILES string of the molecule is CN(c1ccc([N+](=O)[O-])c(C#N)n1)C1CCNC1. The van der Waals surface area contributed by atoms with Crippen molar-refractivity contribution in [1.29, 1.82) is 5.26 Å². The molecule has 1 aromatic rings. The minimum absolute atomic E-state index is 0.143. The second kappa shape index (κ2) is 4.98. The minimum atomic E-state index is -0.591. The van der Waals surface area contributed by atoms with E-state index in [0.29, 0.717) is 11.9 Å². The van der Waals surface area contributed by atoms with Gasteiger partial charge in [-0.3, -0.25) is 10.1 Å². The molecule has 0 aliphatic carbocycles. The third kappa shape index (κ3) is 2.24. The van der Waals surface area contributed by atoms with E-state index < -0.39 is 4.92 Å². The highest BCUT2D eigenvalue weighted by Crippen LogP contribution is 2.22. The Morgan fingerprint density at radius 2 is 2.44 bits per heavy atom. The summed E-state index contributed by atoms with van der Waals surface area (Å²) in [5.74, 6) is 0.589. The maximum atomic E-state index is 10.7. The molecule has 1 aliphatic rings. The molecular weight excluding hydrogens is 234 g/mol. The van der Waals surface area contributed by atoms with Crippen molar-refractivity contribution in [2.45, 2.75) is 12.5 Å². The van der Waals surface area contributed by atoms with E-state index in [0.717, 1.165) is 19.5 Å². The number of pyridine rings is 1. The van der Waals surface area contributed by atoms with E-state index in [9.17, 15) is 10.1 Å². The molecule has 1 unspecified atom stereocenters. The largest absolute Gasteiger partial charge is 0.355 e. The molecule has 1 aliphatic heterocycles. The Morgan fingerprint density at radius 1 is 1.67 bits per heavy atom. The molecule has 1 N–H and O–H groups in total. The van der Waals surface area contributed by atoms with Crippen LogP contribution in [0.4, 0.5) is 11.5 Å². The molecule has 94 valence electrons. The lowest BCUT2D eigenvalue weighted by Crippen LogP contribution is -2.34. The van der Waals surface area contributed by atoms with E-state index in [4.69, 9.17) is 5.26 Å². The standard InChI is InChI=1S/C11H13N5O2/c1-15(8-4-5-13-7-8)11-3-2-10(16(17)18)9(6-12)14-11/h2-3,8,13H,4-5,7H2,1H3. The number of rotatable bonds is 3. The van der Waals surface area contributed by atoms with Crippen LogP contribution in [0, 0.1) is 21.4 Å². The number of hydrogen-bond acceptors (Lipinski definition) is 6. The molecule has 0 saturated carbocycles. The molecular formula is C11H13N5O2. The molecule has 0 spiro atoms. The lowest BCUT2D eigenvalue weighted by Gasteiger charge is -2.24. The Labute approximate surface area is 104 Å². The summed E-state index contributed by atoms with van der Waals surface area (Å²) < 4.78 is 0. The van der Waals surface area contributed by atoms with Crippen LogP contribution in [0.15, 0.2) is 12.1 Å². The van der Waals surface area contributed by atoms with Crippen molar-refractivity contribution in [2.75, 3.05) is 25.0 Å². The number of aromatic nitrogens is 1. The van der Waals surface area contributed by atoms with Gasteiger partial charge in [0.05, 0.1) is 4.92 Å². The van der Waals surface area contributed by atoms with Gasteiger partial charge in [0.25, 0.3) is 0 Å². The second-order valence-electron chi connectivity index (χ2n) is 4.16. The molecule has 0 aromatic carbocycles. The highest BCUT2D eigenvalue weighted by atomic mass is 16.6. The smallest absolute Gasteiger partial charge is 0.305 e. The summed E-state index contributed by atoms with van der Waals surface area (Å²) in [6.07, 6.45) is 0.997. The Balaban J connectivity index is 2.29. The monoisotopic (exact) mass is 247 g/mol. The highest BCUT2D eigenvalue weighted by Gasteiger charge is 2.22. The second-order valence-corrected chi connectivity index (χ2v) is 4.16. The van der Waals surface area contributed by atoms with Gasteiger partial charge in [-0.05, 0) is 19.0 Å². The van der Waals surface area contributed by atoms with Crippen molar-refractivity contribution in [1.82, 2.24) is 10.3 Å². The number of anilines is 1. The first-order valence-corrected chi connectivity index (χ1v) is 5.62. The molecule has 2 rings (SSSR count). The summed E-state index contributed by atoms with van der Waals surface area (Å²) in [4.78, 5) is 16.1. The van der Waals surface area contributed by atoms with Crippen molar-refractivity contribution in [3.63, 3.8) is 0 Å². The maximum Gasteiger partial charge on any atom is 0.305 e. The number of nitrogens with zero attached hydrogens (tertiary/aromatic N) is 4. The van der Waals surface area contributed by atoms with Crippen LogP contribution in [0.2, 0.25) is 0 Å². The lowest BCUT2D eigenvalue weighted by molar-refractivity contribution is -0.385. The minimum Gasteiger partial charge on any atom is -0.355 e. The summed E-state index contributed by atoms with van der Waals surface area (Å²) in [5.41, 5.74) is -0.394. The normalized spacial score (nSPS) is 18.3. The van der Waals surface area contributed by atoms with Crippen molar-refractivity contribution < 1.29 is 4.92 Å². The van der Waals surface area contributed by atoms with Crippen molar-refractivity contribution >= 4 is 11.5 Å². The summed E-state index contributed by atoms with van der Waals surface area (Å²) in [7, 11) is 1.88. The maximum absolute atomic E-state index is 10.7. The molecule has 0 radical (unpaired) electrons. The number of likely N-dealkylation sites (N-methyl/N-ethyl adjacent to an activating group) is 1. The summed E-state index contributed by atoms with van der Waals surface area (Å²) in [5, 5.41) is 22.8. The van der Waals surface area contributed by atoms with Gasteiger partial charge in [0.1, 0.15) is 11.9 Å². The quantitative estimate of drug-likeness (QED) is 0.622. The predicted octanol–water partition coefficient (Wildman–Crippen LogP) is 0.660. The Kier molecular flexibility index (Phi) is 3.39. The fourth-order valence-electron chi connectivity index (χ4n) is 2.02. The topological polar surface area (TPSA) is 95.1 Å². The molecule has 7 heteroatoms. The van der Waals surface area contributed by atoms with Crippen molar-refractivity contribution in [3.05, 3.63) is 27.9 Å². The zero-order valence-electron chi connectivity index (χ0n) is 9.96. The number of nitrogens with one attached hydrogen (secondary N) is 1. The zero-order valence-corrected chi connectivity index (χ0v) is 9.96. The summed E-state index contributed by atoms with van der Waals surface area (Å²) in [6.45, 7) is 1.81. The molecule has 18 heavy (non-hydrogen) atoms. The fourth-order valence-corrected chi connectivity index (χ4v) is 2.02. The van der Waals surface area contributed by atoms with Gasteiger partial charge in [0.15, 0.2) is 0 Å². The molecule has 1 aromatic heterocycles. The molecule has 1 saturated heterocycles. The van der Waals surface area contributed by atoms with Crippen LogP contribution in [0.1, 0.15) is 12.1 Å². The molecule has 2 heterocycles. The van der Waals surface area contributed by atoms with E-state index in [1.54, 1.807) is 12.1 Å².